The zero-order valence-corrected chi connectivity index (χ0v) is 9.65. The summed E-state index contributed by atoms with van der Waals surface area (Å²) in [6, 6.07) is 0.552. The Labute approximate surface area is 95.2 Å². The lowest BCUT2D eigenvalue weighted by Gasteiger charge is -2.32. The van der Waals surface area contributed by atoms with E-state index in [0.29, 0.717) is 12.0 Å². The van der Waals surface area contributed by atoms with E-state index in [4.69, 9.17) is 4.52 Å². The van der Waals surface area contributed by atoms with Gasteiger partial charge < -0.3 is 9.84 Å². The van der Waals surface area contributed by atoms with E-state index in [2.05, 4.69) is 27.3 Å². The lowest BCUT2D eigenvalue weighted by molar-refractivity contribution is 0.160. The van der Waals surface area contributed by atoms with Gasteiger partial charge in [-0.1, -0.05) is 5.16 Å². The van der Waals surface area contributed by atoms with Crippen LogP contribution in [-0.2, 0) is 6.54 Å². The summed E-state index contributed by atoms with van der Waals surface area (Å²) in [6.07, 6.45) is 2.43. The molecule has 1 aromatic heterocycles. The SMILES string of the molecule is C[C@H]1CNCCN1Cc1noc(C2CC2)n1. The van der Waals surface area contributed by atoms with Crippen molar-refractivity contribution in [2.75, 3.05) is 19.6 Å². The van der Waals surface area contributed by atoms with E-state index in [-0.39, 0.29) is 0 Å². The van der Waals surface area contributed by atoms with Gasteiger partial charge in [-0.15, -0.1) is 0 Å². The summed E-state index contributed by atoms with van der Waals surface area (Å²) in [5, 5.41) is 7.44. The van der Waals surface area contributed by atoms with Crippen molar-refractivity contribution in [1.29, 1.82) is 0 Å². The summed E-state index contributed by atoms with van der Waals surface area (Å²) < 4.78 is 5.26. The molecule has 1 atom stereocenters. The number of hydrogen-bond acceptors (Lipinski definition) is 5. The minimum Gasteiger partial charge on any atom is -0.339 e. The molecule has 1 saturated carbocycles. The van der Waals surface area contributed by atoms with Gasteiger partial charge in [-0.2, -0.15) is 4.98 Å². The second-order valence-electron chi connectivity index (χ2n) is 4.85. The molecule has 0 radical (unpaired) electrons. The number of nitrogens with zero attached hydrogens (tertiary/aromatic N) is 3. The summed E-state index contributed by atoms with van der Waals surface area (Å²) in [5.74, 6) is 2.25. The highest BCUT2D eigenvalue weighted by Gasteiger charge is 2.30. The van der Waals surface area contributed by atoms with Crippen LogP contribution in [0.2, 0.25) is 0 Å². The van der Waals surface area contributed by atoms with Crippen LogP contribution < -0.4 is 5.32 Å². The average Bonchev–Trinajstić information content (AvgIpc) is 3.03. The maximum absolute atomic E-state index is 5.26. The summed E-state index contributed by atoms with van der Waals surface area (Å²) in [4.78, 5) is 6.86. The number of piperazine rings is 1. The Balaban J connectivity index is 1.63. The first-order chi connectivity index (χ1) is 7.83. The van der Waals surface area contributed by atoms with E-state index in [1.807, 2.05) is 0 Å². The van der Waals surface area contributed by atoms with Crippen molar-refractivity contribution in [1.82, 2.24) is 20.4 Å². The fourth-order valence-electron chi connectivity index (χ4n) is 2.13. The molecule has 88 valence electrons. The highest BCUT2D eigenvalue weighted by molar-refractivity contribution is 5.01. The Hall–Kier alpha value is -0.940. The van der Waals surface area contributed by atoms with Gasteiger partial charge in [-0.05, 0) is 19.8 Å². The van der Waals surface area contributed by atoms with Crippen molar-refractivity contribution in [3.05, 3.63) is 11.7 Å². The molecule has 0 spiro atoms. The normalized spacial score (nSPS) is 27.2. The van der Waals surface area contributed by atoms with Crippen molar-refractivity contribution < 1.29 is 4.52 Å². The average molecular weight is 222 g/mol. The van der Waals surface area contributed by atoms with Crippen molar-refractivity contribution in [2.24, 2.45) is 0 Å². The maximum atomic E-state index is 5.26. The van der Waals surface area contributed by atoms with Gasteiger partial charge >= 0.3 is 0 Å². The van der Waals surface area contributed by atoms with Crippen LogP contribution in [0.3, 0.4) is 0 Å². The third kappa shape index (κ3) is 2.10. The Morgan fingerprint density at radius 2 is 2.38 bits per heavy atom. The second-order valence-corrected chi connectivity index (χ2v) is 4.85. The highest BCUT2D eigenvalue weighted by Crippen LogP contribution is 2.38. The van der Waals surface area contributed by atoms with E-state index in [9.17, 15) is 0 Å². The zero-order valence-electron chi connectivity index (χ0n) is 9.65. The fourth-order valence-corrected chi connectivity index (χ4v) is 2.13. The van der Waals surface area contributed by atoms with Crippen LogP contribution in [0.15, 0.2) is 4.52 Å². The topological polar surface area (TPSA) is 54.2 Å². The highest BCUT2D eigenvalue weighted by atomic mass is 16.5. The number of rotatable bonds is 3. The van der Waals surface area contributed by atoms with Gasteiger partial charge in [0.25, 0.3) is 0 Å². The maximum Gasteiger partial charge on any atom is 0.229 e. The molecular weight excluding hydrogens is 204 g/mol. The van der Waals surface area contributed by atoms with Crippen LogP contribution in [-0.4, -0.2) is 40.7 Å². The molecule has 1 aromatic rings. The minimum atomic E-state index is 0.552. The first-order valence-electron chi connectivity index (χ1n) is 6.10. The van der Waals surface area contributed by atoms with E-state index in [1.54, 1.807) is 0 Å². The molecule has 2 heterocycles. The Kier molecular flexibility index (Phi) is 2.65. The second kappa shape index (κ2) is 4.14. The predicted molar refractivity (Wildman–Crippen MR) is 59.0 cm³/mol. The van der Waals surface area contributed by atoms with E-state index >= 15 is 0 Å². The van der Waals surface area contributed by atoms with E-state index in [1.165, 1.54) is 12.8 Å². The molecule has 0 unspecified atom stereocenters. The molecule has 1 N–H and O–H groups in total. The molecule has 16 heavy (non-hydrogen) atoms. The molecule has 5 heteroatoms. The standard InChI is InChI=1S/C11H18N4O/c1-8-6-12-4-5-15(8)7-10-13-11(16-14-10)9-2-3-9/h8-9,12H,2-7H2,1H3/t8-/m0/s1. The van der Waals surface area contributed by atoms with E-state index < -0.39 is 0 Å². The van der Waals surface area contributed by atoms with Crippen molar-refractivity contribution in [3.8, 4) is 0 Å². The zero-order chi connectivity index (χ0) is 11.0. The molecule has 5 nitrogen and oxygen atoms in total. The van der Waals surface area contributed by atoms with E-state index in [0.717, 1.165) is 37.9 Å². The van der Waals surface area contributed by atoms with Gasteiger partial charge in [0.15, 0.2) is 5.82 Å². The molecule has 0 amide bonds. The van der Waals surface area contributed by atoms with Crippen molar-refractivity contribution >= 4 is 0 Å². The van der Waals surface area contributed by atoms with Crippen LogP contribution >= 0.6 is 0 Å². The predicted octanol–water partition coefficient (Wildman–Crippen LogP) is 0.741. The summed E-state index contributed by atoms with van der Waals surface area (Å²) in [6.45, 7) is 6.21. The van der Waals surface area contributed by atoms with Crippen LogP contribution in [0.4, 0.5) is 0 Å². The molecule has 1 aliphatic carbocycles. The third-order valence-corrected chi connectivity index (χ3v) is 3.39. The fraction of sp³-hybridized carbons (Fsp3) is 0.818. The lowest BCUT2D eigenvalue weighted by atomic mass is 10.2. The summed E-state index contributed by atoms with van der Waals surface area (Å²) in [7, 11) is 0. The molecule has 2 aliphatic rings. The van der Waals surface area contributed by atoms with Crippen LogP contribution in [0.25, 0.3) is 0 Å². The van der Waals surface area contributed by atoms with Gasteiger partial charge in [0.2, 0.25) is 5.89 Å². The molecule has 0 bridgehead atoms. The van der Waals surface area contributed by atoms with Gasteiger partial charge in [-0.3, -0.25) is 4.90 Å². The van der Waals surface area contributed by atoms with Crippen molar-refractivity contribution in [2.45, 2.75) is 38.3 Å². The smallest absolute Gasteiger partial charge is 0.229 e. The Morgan fingerprint density at radius 3 is 3.12 bits per heavy atom. The first-order valence-corrected chi connectivity index (χ1v) is 6.10. The Bertz CT molecular complexity index is 361. The number of aromatic nitrogens is 2. The Morgan fingerprint density at radius 1 is 1.50 bits per heavy atom. The van der Waals surface area contributed by atoms with Crippen molar-refractivity contribution in [3.63, 3.8) is 0 Å². The summed E-state index contributed by atoms with van der Waals surface area (Å²) in [5.41, 5.74) is 0. The van der Waals surface area contributed by atoms with Gasteiger partial charge in [0.1, 0.15) is 0 Å². The van der Waals surface area contributed by atoms with Crippen LogP contribution in [0, 0.1) is 0 Å². The molecule has 0 aromatic carbocycles. The number of nitrogens with one attached hydrogen (secondary N) is 1. The molecule has 1 aliphatic heterocycles. The van der Waals surface area contributed by atoms with Gasteiger partial charge in [-0.25, -0.2) is 0 Å². The molecule has 1 saturated heterocycles. The quantitative estimate of drug-likeness (QED) is 0.817. The number of hydrogen-bond donors (Lipinski definition) is 1. The van der Waals surface area contributed by atoms with Gasteiger partial charge in [0.05, 0.1) is 6.54 Å². The summed E-state index contributed by atoms with van der Waals surface area (Å²) >= 11 is 0. The first kappa shape index (κ1) is 10.2. The lowest BCUT2D eigenvalue weighted by Crippen LogP contribution is -2.49. The van der Waals surface area contributed by atoms with Crippen LogP contribution in [0.1, 0.15) is 37.4 Å². The monoisotopic (exact) mass is 222 g/mol. The van der Waals surface area contributed by atoms with Crippen LogP contribution in [0.5, 0.6) is 0 Å². The molecular formula is C11H18N4O. The third-order valence-electron chi connectivity index (χ3n) is 3.39. The molecule has 2 fully saturated rings. The molecule has 3 rings (SSSR count). The minimum absolute atomic E-state index is 0.552. The van der Waals surface area contributed by atoms with Gasteiger partial charge in [0, 0.05) is 31.6 Å². The largest absolute Gasteiger partial charge is 0.339 e.